The standard InChI is InChI=1S/C45H35N9/c1-28-13-4-7-19-37(28)52-40(49-34-16-10-22-46-43(34)52)31-25-32(41-50-35-17-11-23-47-44(35)53(41)38-20-8-5-14-29(38)2)27-33(26-31)42-51-36-18-12-24-48-45(36)54(42)39-21-9-6-15-30(39)3/h4-27,34,43H,1-3H3. The number of fused-ring (bicyclic) bond motifs is 3. The van der Waals surface area contributed by atoms with Gasteiger partial charge < -0.3 is 4.90 Å². The summed E-state index contributed by atoms with van der Waals surface area (Å²) in [4.78, 5) is 32.9. The van der Waals surface area contributed by atoms with Gasteiger partial charge >= 0.3 is 0 Å². The zero-order valence-electron chi connectivity index (χ0n) is 30.0. The van der Waals surface area contributed by atoms with Gasteiger partial charge in [0.1, 0.15) is 34.6 Å². The summed E-state index contributed by atoms with van der Waals surface area (Å²) in [6.45, 7) is 6.38. The van der Waals surface area contributed by atoms with Crippen molar-refractivity contribution in [3.63, 3.8) is 0 Å². The Morgan fingerprint density at radius 3 is 1.57 bits per heavy atom. The fourth-order valence-corrected chi connectivity index (χ4v) is 7.76. The second-order valence-corrected chi connectivity index (χ2v) is 13.8. The van der Waals surface area contributed by atoms with E-state index in [1.54, 1.807) is 0 Å². The van der Waals surface area contributed by atoms with E-state index < -0.39 is 0 Å². The van der Waals surface area contributed by atoms with E-state index >= 15 is 0 Å². The van der Waals surface area contributed by atoms with Gasteiger partial charge in [0.2, 0.25) is 0 Å². The molecule has 2 unspecified atom stereocenters. The number of amidine groups is 1. The van der Waals surface area contributed by atoms with Gasteiger partial charge in [-0.3, -0.25) is 19.1 Å². The molecule has 4 aromatic heterocycles. The maximum Gasteiger partial charge on any atom is 0.164 e. The van der Waals surface area contributed by atoms with E-state index in [0.29, 0.717) is 0 Å². The topological polar surface area (TPSA) is 89.4 Å². The van der Waals surface area contributed by atoms with Crippen molar-refractivity contribution in [3.8, 4) is 34.2 Å². The molecule has 0 amide bonds. The molecule has 0 bridgehead atoms. The van der Waals surface area contributed by atoms with Crippen LogP contribution in [0.5, 0.6) is 0 Å². The summed E-state index contributed by atoms with van der Waals surface area (Å²) in [5.41, 5.74) is 12.4. The predicted molar refractivity (Wildman–Crippen MR) is 217 cm³/mol. The first-order chi connectivity index (χ1) is 26.5. The van der Waals surface area contributed by atoms with E-state index in [1.165, 1.54) is 0 Å². The van der Waals surface area contributed by atoms with Crippen molar-refractivity contribution in [1.29, 1.82) is 0 Å². The quantitative estimate of drug-likeness (QED) is 0.173. The number of benzene rings is 4. The number of pyridine rings is 2. The van der Waals surface area contributed by atoms with Crippen LogP contribution in [0.3, 0.4) is 0 Å². The lowest BCUT2D eigenvalue weighted by molar-refractivity contribution is 0.658. The van der Waals surface area contributed by atoms with E-state index in [1.807, 2.05) is 48.9 Å². The SMILES string of the molecule is Cc1ccccc1N1C(c2cc(-c3nc4cccnc4n3-c3ccccc3C)cc(-c3nc4cccnc4n3-c3ccccc3C)c2)=NC2C=CC=NC21. The minimum absolute atomic E-state index is 0.141. The molecule has 54 heavy (non-hydrogen) atoms. The lowest BCUT2D eigenvalue weighted by Gasteiger charge is -2.29. The molecule has 8 aromatic rings. The molecule has 0 spiro atoms. The number of anilines is 1. The van der Waals surface area contributed by atoms with E-state index in [-0.39, 0.29) is 12.2 Å². The summed E-state index contributed by atoms with van der Waals surface area (Å²) < 4.78 is 4.34. The van der Waals surface area contributed by atoms with Gasteiger partial charge in [-0.25, -0.2) is 19.9 Å². The minimum atomic E-state index is -0.209. The highest BCUT2D eigenvalue weighted by atomic mass is 15.4. The van der Waals surface area contributed by atoms with Crippen molar-refractivity contribution in [3.05, 3.63) is 162 Å². The molecule has 2 atom stereocenters. The van der Waals surface area contributed by atoms with E-state index in [0.717, 1.165) is 90.3 Å². The third-order valence-electron chi connectivity index (χ3n) is 10.3. The third-order valence-corrected chi connectivity index (χ3v) is 10.3. The average molecular weight is 702 g/mol. The molecule has 0 saturated carbocycles. The maximum absolute atomic E-state index is 5.39. The van der Waals surface area contributed by atoms with Crippen molar-refractivity contribution >= 4 is 40.1 Å². The fraction of sp³-hybridized carbons (Fsp3) is 0.111. The van der Waals surface area contributed by atoms with Crippen molar-refractivity contribution in [2.24, 2.45) is 9.98 Å². The predicted octanol–water partition coefficient (Wildman–Crippen LogP) is 9.02. The largest absolute Gasteiger partial charge is 0.301 e. The number of imidazole rings is 2. The highest BCUT2D eigenvalue weighted by molar-refractivity contribution is 6.13. The van der Waals surface area contributed by atoms with Gasteiger partial charge in [-0.1, -0.05) is 60.7 Å². The molecular weight excluding hydrogens is 667 g/mol. The van der Waals surface area contributed by atoms with Crippen molar-refractivity contribution in [2.45, 2.75) is 33.0 Å². The lowest BCUT2D eigenvalue weighted by atomic mass is 10.0. The highest BCUT2D eigenvalue weighted by Crippen LogP contribution is 2.38. The first-order valence-electron chi connectivity index (χ1n) is 18.1. The molecule has 9 nitrogen and oxygen atoms in total. The van der Waals surface area contributed by atoms with Gasteiger partial charge in [0.15, 0.2) is 17.5 Å². The molecular formula is C45H35N9. The summed E-state index contributed by atoms with van der Waals surface area (Å²) in [6.07, 6.45) is 9.44. The molecule has 0 saturated heterocycles. The Morgan fingerprint density at radius 2 is 1.04 bits per heavy atom. The van der Waals surface area contributed by atoms with Crippen LogP contribution in [-0.2, 0) is 0 Å². The molecule has 260 valence electrons. The van der Waals surface area contributed by atoms with E-state index in [2.05, 4.69) is 132 Å². The molecule has 2 aliphatic heterocycles. The number of para-hydroxylation sites is 3. The van der Waals surface area contributed by atoms with Crippen LogP contribution >= 0.6 is 0 Å². The lowest BCUT2D eigenvalue weighted by Crippen LogP contribution is -2.39. The fourth-order valence-electron chi connectivity index (χ4n) is 7.76. The van der Waals surface area contributed by atoms with Gasteiger partial charge in [-0.05, 0) is 104 Å². The average Bonchev–Trinajstić information content (AvgIpc) is 3.91. The molecule has 4 aromatic carbocycles. The molecule has 0 radical (unpaired) electrons. The molecule has 0 fully saturated rings. The molecule has 10 rings (SSSR count). The van der Waals surface area contributed by atoms with E-state index in [4.69, 9.17) is 29.9 Å². The molecule has 9 heteroatoms. The molecule has 0 N–H and O–H groups in total. The zero-order valence-corrected chi connectivity index (χ0v) is 30.0. The van der Waals surface area contributed by atoms with Gasteiger partial charge in [-0.2, -0.15) is 0 Å². The van der Waals surface area contributed by atoms with Gasteiger partial charge in [0, 0.05) is 41.0 Å². The van der Waals surface area contributed by atoms with Crippen LogP contribution < -0.4 is 4.90 Å². The second-order valence-electron chi connectivity index (χ2n) is 13.8. The summed E-state index contributed by atoms with van der Waals surface area (Å²) in [5.74, 6) is 2.38. The van der Waals surface area contributed by atoms with Crippen LogP contribution in [0.25, 0.3) is 56.5 Å². The van der Waals surface area contributed by atoms with Gasteiger partial charge in [0.05, 0.1) is 11.4 Å². The first kappa shape index (κ1) is 31.7. The van der Waals surface area contributed by atoms with Crippen LogP contribution in [0.1, 0.15) is 22.3 Å². The van der Waals surface area contributed by atoms with Crippen LogP contribution in [0.4, 0.5) is 5.69 Å². The number of aromatic nitrogens is 6. The number of aryl methyl sites for hydroxylation is 3. The Kier molecular flexibility index (Phi) is 7.40. The third kappa shape index (κ3) is 5.08. The minimum Gasteiger partial charge on any atom is -0.301 e. The normalized spacial score (nSPS) is 16.4. The first-order valence-corrected chi connectivity index (χ1v) is 18.1. The second kappa shape index (κ2) is 12.6. The number of rotatable bonds is 6. The van der Waals surface area contributed by atoms with Crippen molar-refractivity contribution in [1.82, 2.24) is 29.1 Å². The highest BCUT2D eigenvalue weighted by Gasteiger charge is 2.38. The number of allylic oxidation sites excluding steroid dienone is 1. The summed E-state index contributed by atoms with van der Waals surface area (Å²) >= 11 is 0. The number of hydrogen-bond acceptors (Lipinski definition) is 7. The Morgan fingerprint density at radius 1 is 0.537 bits per heavy atom. The van der Waals surface area contributed by atoms with Crippen LogP contribution in [0.2, 0.25) is 0 Å². The Labute approximate surface area is 312 Å². The summed E-state index contributed by atoms with van der Waals surface area (Å²) in [6, 6.07) is 39.5. The number of aliphatic imine (C=N–C) groups is 2. The van der Waals surface area contributed by atoms with Crippen molar-refractivity contribution < 1.29 is 0 Å². The Hall–Kier alpha value is -7.00. The number of nitrogens with zero attached hydrogens (tertiary/aromatic N) is 9. The monoisotopic (exact) mass is 701 g/mol. The number of dihydropyridines is 1. The van der Waals surface area contributed by atoms with Gasteiger partial charge in [-0.15, -0.1) is 0 Å². The van der Waals surface area contributed by atoms with Crippen molar-refractivity contribution in [2.75, 3.05) is 4.90 Å². The Balaban J connectivity index is 1.29. The van der Waals surface area contributed by atoms with Crippen LogP contribution in [0, 0.1) is 20.8 Å². The Bertz CT molecular complexity index is 2720. The number of hydrogen-bond donors (Lipinski definition) is 0. The maximum atomic E-state index is 5.39. The van der Waals surface area contributed by atoms with Crippen LogP contribution in [0.15, 0.2) is 150 Å². The smallest absolute Gasteiger partial charge is 0.164 e. The molecule has 0 aliphatic carbocycles. The zero-order chi connectivity index (χ0) is 36.3. The molecule has 6 heterocycles. The van der Waals surface area contributed by atoms with Gasteiger partial charge in [0.25, 0.3) is 0 Å². The summed E-state index contributed by atoms with van der Waals surface area (Å²) in [5, 5.41) is 0. The molecule has 2 aliphatic rings. The van der Waals surface area contributed by atoms with Crippen LogP contribution in [-0.4, -0.2) is 53.3 Å². The summed E-state index contributed by atoms with van der Waals surface area (Å²) in [7, 11) is 0. The van der Waals surface area contributed by atoms with E-state index in [9.17, 15) is 0 Å².